The van der Waals surface area contributed by atoms with Crippen molar-refractivity contribution in [2.24, 2.45) is 11.7 Å². The number of benzene rings is 2. The van der Waals surface area contributed by atoms with E-state index in [1.165, 1.54) is 0 Å². The molecule has 7 heteroatoms. The number of nitrogens with one attached hydrogen (secondary N) is 3. The van der Waals surface area contributed by atoms with Crippen LogP contribution in [0.25, 0.3) is 5.57 Å². The van der Waals surface area contributed by atoms with Crippen molar-refractivity contribution in [1.82, 2.24) is 10.6 Å². The molecule has 1 fully saturated rings. The van der Waals surface area contributed by atoms with Crippen LogP contribution in [0.2, 0.25) is 0 Å². The van der Waals surface area contributed by atoms with Gasteiger partial charge in [0.15, 0.2) is 0 Å². The van der Waals surface area contributed by atoms with Gasteiger partial charge in [-0.2, -0.15) is 0 Å². The maximum Gasteiger partial charge on any atom is 0.238 e. The minimum absolute atomic E-state index is 0.00365. The predicted octanol–water partition coefficient (Wildman–Crippen LogP) is 1.06. The number of carbonyl (C=O) groups excluding carboxylic acids is 2. The summed E-state index contributed by atoms with van der Waals surface area (Å²) in [7, 11) is 0. The molecule has 4 rings (SSSR count). The smallest absolute Gasteiger partial charge is 0.238 e. The van der Waals surface area contributed by atoms with Gasteiger partial charge >= 0.3 is 0 Å². The number of nitrogens with two attached hydrogens (primary N) is 1. The molecule has 2 aliphatic rings. The summed E-state index contributed by atoms with van der Waals surface area (Å²) >= 11 is 0. The first-order chi connectivity index (χ1) is 13.2. The number of hydrogen-bond acceptors (Lipinski definition) is 5. The van der Waals surface area contributed by atoms with Crippen molar-refractivity contribution in [3.63, 3.8) is 0 Å². The molecule has 0 aromatic heterocycles. The van der Waals surface area contributed by atoms with E-state index in [9.17, 15) is 9.59 Å². The summed E-state index contributed by atoms with van der Waals surface area (Å²) in [6, 6.07) is 17.4. The maximum atomic E-state index is 12.6. The Morgan fingerprint density at radius 1 is 1.15 bits per heavy atom. The van der Waals surface area contributed by atoms with Crippen LogP contribution in [0.5, 0.6) is 0 Å². The van der Waals surface area contributed by atoms with Gasteiger partial charge in [0.25, 0.3) is 0 Å². The fraction of sp³-hybridized carbons (Fsp3) is 0.200. The lowest BCUT2D eigenvalue weighted by atomic mass is 9.91. The first-order valence-electron chi connectivity index (χ1n) is 8.84. The zero-order valence-corrected chi connectivity index (χ0v) is 14.7. The molecule has 2 aromatic carbocycles. The second kappa shape index (κ2) is 7.22. The third kappa shape index (κ3) is 3.30. The minimum Gasteiger partial charge on any atom is -0.343 e. The molecular formula is C20H21N5O2. The Hall–Kier alpha value is -3.16. The molecule has 1 saturated heterocycles. The number of para-hydroxylation sites is 1. The lowest BCUT2D eigenvalue weighted by molar-refractivity contribution is -0.125. The Balaban J connectivity index is 1.67. The predicted molar refractivity (Wildman–Crippen MR) is 104 cm³/mol. The number of fused-ring (bicyclic) bond motifs is 1. The number of hydrogen-bond donors (Lipinski definition) is 4. The summed E-state index contributed by atoms with van der Waals surface area (Å²) < 4.78 is 0. The normalized spacial score (nSPS) is 21.3. The van der Waals surface area contributed by atoms with Crippen molar-refractivity contribution in [2.45, 2.75) is 6.17 Å². The van der Waals surface area contributed by atoms with E-state index >= 15 is 0 Å². The van der Waals surface area contributed by atoms with E-state index in [-0.39, 0.29) is 30.4 Å². The first kappa shape index (κ1) is 17.3. The van der Waals surface area contributed by atoms with E-state index in [0.717, 1.165) is 16.8 Å². The van der Waals surface area contributed by atoms with Gasteiger partial charge in [-0.3, -0.25) is 14.9 Å². The van der Waals surface area contributed by atoms with Gasteiger partial charge in [-0.15, -0.1) is 0 Å². The standard InChI is InChI=1S/C20H21N5O2/c21-10-17(26)24-14-8-6-13(7-9-14)16-11-25(15-4-2-1-3-5-15)19-18(16)20(27)23-12-22-19/h1-9,11,18-19,22H,10,12,21H2,(H,23,27)(H,24,26). The molecule has 5 N–H and O–H groups in total. The van der Waals surface area contributed by atoms with Crippen LogP contribution >= 0.6 is 0 Å². The van der Waals surface area contributed by atoms with E-state index in [1.54, 1.807) is 0 Å². The monoisotopic (exact) mass is 363 g/mol. The molecule has 2 amide bonds. The first-order valence-corrected chi connectivity index (χ1v) is 8.84. The molecule has 138 valence electrons. The van der Waals surface area contributed by atoms with Crippen molar-refractivity contribution < 1.29 is 9.59 Å². The number of amides is 2. The van der Waals surface area contributed by atoms with Crippen LogP contribution in [0.3, 0.4) is 0 Å². The Morgan fingerprint density at radius 3 is 2.59 bits per heavy atom. The SMILES string of the molecule is NCC(=O)Nc1ccc(C2=CN(c3ccccc3)C3NCNC(=O)C23)cc1. The molecule has 2 unspecified atom stereocenters. The second-order valence-corrected chi connectivity index (χ2v) is 6.50. The average Bonchev–Trinajstić information content (AvgIpc) is 3.10. The summed E-state index contributed by atoms with van der Waals surface area (Å²) in [5.74, 6) is -0.554. The third-order valence-electron chi connectivity index (χ3n) is 4.83. The highest BCUT2D eigenvalue weighted by Crippen LogP contribution is 2.38. The van der Waals surface area contributed by atoms with E-state index in [0.29, 0.717) is 12.4 Å². The number of rotatable bonds is 4. The highest BCUT2D eigenvalue weighted by Gasteiger charge is 2.43. The van der Waals surface area contributed by atoms with Crippen molar-refractivity contribution in [3.8, 4) is 0 Å². The number of nitrogens with zero attached hydrogens (tertiary/aromatic N) is 1. The second-order valence-electron chi connectivity index (χ2n) is 6.50. The zero-order chi connectivity index (χ0) is 18.8. The molecule has 2 aromatic rings. The molecule has 0 bridgehead atoms. The summed E-state index contributed by atoms with van der Waals surface area (Å²) in [5.41, 5.74) is 8.90. The Kier molecular flexibility index (Phi) is 4.62. The van der Waals surface area contributed by atoms with Crippen LogP contribution < -0.4 is 26.6 Å². The zero-order valence-electron chi connectivity index (χ0n) is 14.7. The van der Waals surface area contributed by atoms with Crippen LogP contribution in [0.4, 0.5) is 11.4 Å². The molecular weight excluding hydrogens is 342 g/mol. The molecule has 0 saturated carbocycles. The van der Waals surface area contributed by atoms with Crippen LogP contribution in [0.15, 0.2) is 60.8 Å². The summed E-state index contributed by atoms with van der Waals surface area (Å²) in [4.78, 5) is 26.1. The van der Waals surface area contributed by atoms with Gasteiger partial charge < -0.3 is 21.3 Å². The highest BCUT2D eigenvalue weighted by atomic mass is 16.2. The quantitative estimate of drug-likeness (QED) is 0.651. The minimum atomic E-state index is -0.316. The Bertz CT molecular complexity index is 879. The van der Waals surface area contributed by atoms with Crippen molar-refractivity contribution >= 4 is 28.8 Å². The Labute approximate surface area is 157 Å². The summed E-state index contributed by atoms with van der Waals surface area (Å²) in [5, 5.41) is 8.98. The van der Waals surface area contributed by atoms with E-state index in [1.807, 2.05) is 60.8 Å². The van der Waals surface area contributed by atoms with Gasteiger partial charge in [-0.05, 0) is 35.4 Å². The molecule has 2 atom stereocenters. The lowest BCUT2D eigenvalue weighted by Gasteiger charge is -2.34. The molecule has 7 nitrogen and oxygen atoms in total. The lowest BCUT2D eigenvalue weighted by Crippen LogP contribution is -2.58. The van der Waals surface area contributed by atoms with Gasteiger partial charge in [-0.1, -0.05) is 30.3 Å². The van der Waals surface area contributed by atoms with Gasteiger partial charge in [0.2, 0.25) is 11.8 Å². The highest BCUT2D eigenvalue weighted by molar-refractivity contribution is 5.97. The molecule has 0 radical (unpaired) electrons. The van der Waals surface area contributed by atoms with Crippen molar-refractivity contribution in [1.29, 1.82) is 0 Å². The van der Waals surface area contributed by atoms with Crippen LogP contribution in [-0.2, 0) is 9.59 Å². The number of anilines is 2. The van der Waals surface area contributed by atoms with Crippen LogP contribution in [0, 0.1) is 5.92 Å². The largest absolute Gasteiger partial charge is 0.343 e. The van der Waals surface area contributed by atoms with Crippen molar-refractivity contribution in [3.05, 3.63) is 66.4 Å². The van der Waals surface area contributed by atoms with Crippen LogP contribution in [-0.4, -0.2) is 31.2 Å². The van der Waals surface area contributed by atoms with Gasteiger partial charge in [0.05, 0.1) is 19.1 Å². The Morgan fingerprint density at radius 2 is 1.89 bits per heavy atom. The van der Waals surface area contributed by atoms with E-state index < -0.39 is 0 Å². The van der Waals surface area contributed by atoms with Crippen molar-refractivity contribution in [2.75, 3.05) is 23.4 Å². The van der Waals surface area contributed by atoms with Gasteiger partial charge in [0.1, 0.15) is 6.17 Å². The van der Waals surface area contributed by atoms with E-state index in [2.05, 4.69) is 20.9 Å². The van der Waals surface area contributed by atoms with E-state index in [4.69, 9.17) is 5.73 Å². The average molecular weight is 363 g/mol. The fourth-order valence-corrected chi connectivity index (χ4v) is 3.54. The van der Waals surface area contributed by atoms with Gasteiger partial charge in [0, 0.05) is 17.6 Å². The summed E-state index contributed by atoms with van der Waals surface area (Å²) in [6.45, 7) is 0.378. The van der Waals surface area contributed by atoms with Gasteiger partial charge in [-0.25, -0.2) is 0 Å². The topological polar surface area (TPSA) is 99.5 Å². The molecule has 0 aliphatic carbocycles. The molecule has 27 heavy (non-hydrogen) atoms. The third-order valence-corrected chi connectivity index (χ3v) is 4.83. The maximum absolute atomic E-state index is 12.6. The number of carbonyl (C=O) groups is 2. The molecule has 0 spiro atoms. The van der Waals surface area contributed by atoms with Crippen LogP contribution in [0.1, 0.15) is 5.56 Å². The summed E-state index contributed by atoms with van der Waals surface area (Å²) in [6.07, 6.45) is 1.89. The molecule has 2 aliphatic heterocycles. The molecule has 2 heterocycles. The fourth-order valence-electron chi connectivity index (χ4n) is 3.54.